The summed E-state index contributed by atoms with van der Waals surface area (Å²) in [5, 5.41) is 0. The quantitative estimate of drug-likeness (QED) is 0.711. The molecule has 0 aromatic heterocycles. The zero-order valence-corrected chi connectivity index (χ0v) is 10.0. The molecule has 0 saturated heterocycles. The minimum Gasteiger partial charge on any atom is -0.497 e. The van der Waals surface area contributed by atoms with Gasteiger partial charge in [0, 0.05) is 11.5 Å². The summed E-state index contributed by atoms with van der Waals surface area (Å²) in [6.07, 6.45) is 5.83. The Morgan fingerprint density at radius 2 is 1.94 bits per heavy atom. The summed E-state index contributed by atoms with van der Waals surface area (Å²) in [7, 11) is 0. The van der Waals surface area contributed by atoms with E-state index in [4.69, 9.17) is 4.74 Å². The largest absolute Gasteiger partial charge is 0.497 e. The molecule has 1 aromatic carbocycles. The molecule has 1 saturated carbocycles. The van der Waals surface area contributed by atoms with Gasteiger partial charge in [0.25, 0.3) is 0 Å². The third-order valence-electron chi connectivity index (χ3n) is 4.00. The van der Waals surface area contributed by atoms with Crippen LogP contribution in [0.4, 0.5) is 4.39 Å². The molecule has 0 bridgehead atoms. The van der Waals surface area contributed by atoms with Gasteiger partial charge in [-0.2, -0.15) is 0 Å². The first kappa shape index (κ1) is 10.8. The van der Waals surface area contributed by atoms with Gasteiger partial charge in [-0.05, 0) is 42.9 Å². The van der Waals surface area contributed by atoms with Gasteiger partial charge in [-0.15, -0.1) is 0 Å². The molecule has 1 aliphatic heterocycles. The lowest BCUT2D eigenvalue weighted by Crippen LogP contribution is -2.26. The first-order chi connectivity index (χ1) is 8.24. The summed E-state index contributed by atoms with van der Waals surface area (Å²) < 4.78 is 18.7. The highest BCUT2D eigenvalue weighted by Gasteiger charge is 2.36. The van der Waals surface area contributed by atoms with Gasteiger partial charge >= 0.3 is 0 Å². The number of hydrogen-bond donors (Lipinski definition) is 0. The molecule has 90 valence electrons. The predicted molar refractivity (Wildman–Crippen MR) is 65.8 cm³/mol. The van der Waals surface area contributed by atoms with Gasteiger partial charge in [-0.25, -0.2) is 4.39 Å². The van der Waals surface area contributed by atoms with Gasteiger partial charge in [-0.3, -0.25) is 0 Å². The second kappa shape index (κ2) is 4.17. The molecule has 3 rings (SSSR count). The van der Waals surface area contributed by atoms with Crippen molar-refractivity contribution in [1.82, 2.24) is 0 Å². The summed E-state index contributed by atoms with van der Waals surface area (Å²) in [6, 6.07) is 6.75. The van der Waals surface area contributed by atoms with Crippen LogP contribution >= 0.6 is 0 Å². The SMILES string of the molecule is CC1CCC2OC=C(c3ccc(F)cc3)C2C1. The van der Waals surface area contributed by atoms with Crippen molar-refractivity contribution in [3.8, 4) is 0 Å². The molecule has 1 heterocycles. The third-order valence-corrected chi connectivity index (χ3v) is 4.00. The molecule has 1 aromatic rings. The molecule has 3 unspecified atom stereocenters. The third kappa shape index (κ3) is 1.97. The molecule has 0 radical (unpaired) electrons. The summed E-state index contributed by atoms with van der Waals surface area (Å²) in [5.41, 5.74) is 2.36. The fourth-order valence-electron chi connectivity index (χ4n) is 3.02. The lowest BCUT2D eigenvalue weighted by atomic mass is 9.76. The Balaban J connectivity index is 1.86. The molecular weight excluding hydrogens is 215 g/mol. The number of hydrogen-bond acceptors (Lipinski definition) is 1. The van der Waals surface area contributed by atoms with E-state index in [0.717, 1.165) is 17.9 Å². The number of ether oxygens (including phenoxy) is 1. The zero-order valence-electron chi connectivity index (χ0n) is 10.0. The molecule has 0 N–H and O–H groups in total. The number of halogens is 1. The standard InChI is InChI=1S/C15H17FO/c1-10-2-7-15-13(8-10)14(9-17-15)11-3-5-12(16)6-4-11/h3-6,9-10,13,15H,2,7-8H2,1H3. The predicted octanol–water partition coefficient (Wildman–Crippen LogP) is 4.00. The monoisotopic (exact) mass is 232 g/mol. The Labute approximate surface area is 101 Å². The van der Waals surface area contributed by atoms with E-state index in [1.807, 2.05) is 18.4 Å². The topological polar surface area (TPSA) is 9.23 Å². The van der Waals surface area contributed by atoms with Gasteiger partial charge in [0.1, 0.15) is 11.9 Å². The molecule has 1 aliphatic carbocycles. The van der Waals surface area contributed by atoms with E-state index >= 15 is 0 Å². The van der Waals surface area contributed by atoms with Crippen LogP contribution in [0.3, 0.4) is 0 Å². The lowest BCUT2D eigenvalue weighted by Gasteiger charge is -2.30. The summed E-state index contributed by atoms with van der Waals surface area (Å²) in [5.74, 6) is 1.09. The van der Waals surface area contributed by atoms with E-state index in [9.17, 15) is 4.39 Å². The van der Waals surface area contributed by atoms with E-state index in [1.54, 1.807) is 0 Å². The van der Waals surface area contributed by atoms with Crippen molar-refractivity contribution in [3.63, 3.8) is 0 Å². The summed E-state index contributed by atoms with van der Waals surface area (Å²) in [6.45, 7) is 2.30. The maximum Gasteiger partial charge on any atom is 0.123 e. The first-order valence-corrected chi connectivity index (χ1v) is 6.35. The van der Waals surface area contributed by atoms with Crippen molar-refractivity contribution in [3.05, 3.63) is 41.9 Å². The second-order valence-corrected chi connectivity index (χ2v) is 5.28. The fourth-order valence-corrected chi connectivity index (χ4v) is 3.02. The van der Waals surface area contributed by atoms with Crippen LogP contribution in [0.15, 0.2) is 30.5 Å². The van der Waals surface area contributed by atoms with Crippen LogP contribution in [0.25, 0.3) is 5.57 Å². The Hall–Kier alpha value is -1.31. The number of rotatable bonds is 1. The average Bonchev–Trinajstić information content (AvgIpc) is 2.73. The van der Waals surface area contributed by atoms with Crippen LogP contribution in [0.1, 0.15) is 31.7 Å². The van der Waals surface area contributed by atoms with Crippen molar-refractivity contribution in [2.75, 3.05) is 0 Å². The molecule has 1 nitrogen and oxygen atoms in total. The molecule has 17 heavy (non-hydrogen) atoms. The van der Waals surface area contributed by atoms with Gasteiger partial charge in [0.15, 0.2) is 0 Å². The number of benzene rings is 1. The van der Waals surface area contributed by atoms with Crippen LogP contribution in [-0.2, 0) is 4.74 Å². The molecule has 0 spiro atoms. The van der Waals surface area contributed by atoms with Crippen LogP contribution in [0.2, 0.25) is 0 Å². The average molecular weight is 232 g/mol. The van der Waals surface area contributed by atoms with E-state index < -0.39 is 0 Å². The summed E-state index contributed by atoms with van der Waals surface area (Å²) in [4.78, 5) is 0. The smallest absolute Gasteiger partial charge is 0.123 e. The van der Waals surface area contributed by atoms with E-state index in [-0.39, 0.29) is 5.82 Å². The van der Waals surface area contributed by atoms with E-state index in [2.05, 4.69) is 6.92 Å². The van der Waals surface area contributed by atoms with E-state index in [0.29, 0.717) is 12.0 Å². The van der Waals surface area contributed by atoms with Gasteiger partial charge < -0.3 is 4.74 Å². The lowest BCUT2D eigenvalue weighted by molar-refractivity contribution is 0.0851. The van der Waals surface area contributed by atoms with Gasteiger partial charge in [0.2, 0.25) is 0 Å². The Bertz CT molecular complexity index is 435. The van der Waals surface area contributed by atoms with E-state index in [1.165, 1.54) is 30.5 Å². The molecule has 0 amide bonds. The second-order valence-electron chi connectivity index (χ2n) is 5.28. The zero-order chi connectivity index (χ0) is 11.8. The highest BCUT2D eigenvalue weighted by Crippen LogP contribution is 2.43. The number of fused-ring (bicyclic) bond motifs is 1. The minimum atomic E-state index is -0.179. The van der Waals surface area contributed by atoms with Crippen LogP contribution in [0.5, 0.6) is 0 Å². The Morgan fingerprint density at radius 3 is 2.71 bits per heavy atom. The summed E-state index contributed by atoms with van der Waals surface area (Å²) >= 11 is 0. The maximum atomic E-state index is 12.9. The highest BCUT2D eigenvalue weighted by molar-refractivity contribution is 5.68. The minimum absolute atomic E-state index is 0.179. The van der Waals surface area contributed by atoms with Crippen molar-refractivity contribution in [2.45, 2.75) is 32.3 Å². The van der Waals surface area contributed by atoms with Crippen molar-refractivity contribution in [1.29, 1.82) is 0 Å². The van der Waals surface area contributed by atoms with Crippen LogP contribution in [-0.4, -0.2) is 6.10 Å². The molecular formula is C15H17FO. The Morgan fingerprint density at radius 1 is 1.18 bits per heavy atom. The molecule has 2 heteroatoms. The Kier molecular flexibility index (Phi) is 2.65. The highest BCUT2D eigenvalue weighted by atomic mass is 19.1. The van der Waals surface area contributed by atoms with Crippen molar-refractivity contribution >= 4 is 5.57 Å². The normalized spacial score (nSPS) is 31.6. The molecule has 1 fully saturated rings. The van der Waals surface area contributed by atoms with Crippen LogP contribution < -0.4 is 0 Å². The first-order valence-electron chi connectivity index (χ1n) is 6.35. The van der Waals surface area contributed by atoms with Gasteiger partial charge in [-0.1, -0.05) is 19.1 Å². The van der Waals surface area contributed by atoms with Crippen molar-refractivity contribution in [2.24, 2.45) is 11.8 Å². The molecule has 3 atom stereocenters. The van der Waals surface area contributed by atoms with Crippen LogP contribution in [0, 0.1) is 17.7 Å². The maximum absolute atomic E-state index is 12.9. The van der Waals surface area contributed by atoms with Gasteiger partial charge in [0.05, 0.1) is 6.26 Å². The fraction of sp³-hybridized carbons (Fsp3) is 0.467. The molecule has 2 aliphatic rings. The van der Waals surface area contributed by atoms with Crippen molar-refractivity contribution < 1.29 is 9.13 Å².